The van der Waals surface area contributed by atoms with Crippen LogP contribution >= 0.6 is 11.7 Å². The Balaban J connectivity index is 1.32. The van der Waals surface area contributed by atoms with Crippen molar-refractivity contribution in [3.8, 4) is 0 Å². The monoisotopic (exact) mass is 481 g/mol. The first-order valence-electron chi connectivity index (χ1n) is 10.6. The number of benzene rings is 2. The van der Waals surface area contributed by atoms with Crippen LogP contribution in [0.2, 0.25) is 0 Å². The molecule has 2 aromatic carbocycles. The van der Waals surface area contributed by atoms with Gasteiger partial charge in [0.1, 0.15) is 33.4 Å². The number of aromatic nitrogens is 4. The predicted molar refractivity (Wildman–Crippen MR) is 130 cm³/mol. The molecule has 0 aliphatic carbocycles. The Kier molecular flexibility index (Phi) is 5.69. The van der Waals surface area contributed by atoms with E-state index in [1.807, 2.05) is 44.2 Å². The molecular weight excluding hydrogens is 458 g/mol. The number of sulfonamides is 1. The fourth-order valence-electron chi connectivity index (χ4n) is 3.85. The number of rotatable bonds is 5. The van der Waals surface area contributed by atoms with Crippen LogP contribution in [0.3, 0.4) is 0 Å². The Morgan fingerprint density at radius 3 is 2.45 bits per heavy atom. The summed E-state index contributed by atoms with van der Waals surface area (Å²) < 4.78 is 36.4. The lowest BCUT2D eigenvalue weighted by Gasteiger charge is -2.34. The molecule has 5 rings (SSSR count). The number of nitrogens with one attached hydrogen (secondary N) is 1. The van der Waals surface area contributed by atoms with Gasteiger partial charge < -0.3 is 10.2 Å². The van der Waals surface area contributed by atoms with Crippen LogP contribution < -0.4 is 10.2 Å². The van der Waals surface area contributed by atoms with Crippen LogP contribution in [0.4, 0.5) is 17.3 Å². The van der Waals surface area contributed by atoms with E-state index in [4.69, 9.17) is 0 Å². The molecule has 1 N–H and O–H groups in total. The second kappa shape index (κ2) is 8.65. The number of anilines is 3. The summed E-state index contributed by atoms with van der Waals surface area (Å²) in [5.41, 5.74) is 3.18. The Bertz CT molecular complexity index is 1400. The van der Waals surface area contributed by atoms with E-state index >= 15 is 0 Å². The van der Waals surface area contributed by atoms with Gasteiger partial charge in [0.05, 0.1) is 11.7 Å². The highest BCUT2D eigenvalue weighted by atomic mass is 32.2. The summed E-state index contributed by atoms with van der Waals surface area (Å²) in [5, 5.41) is 3.32. The van der Waals surface area contributed by atoms with Gasteiger partial charge in [0, 0.05) is 37.9 Å². The third-order valence-electron chi connectivity index (χ3n) is 5.58. The van der Waals surface area contributed by atoms with E-state index in [0.717, 1.165) is 23.2 Å². The van der Waals surface area contributed by atoms with Gasteiger partial charge >= 0.3 is 0 Å². The molecular formula is C22H23N7O2S2. The highest BCUT2D eigenvalue weighted by Crippen LogP contribution is 2.27. The molecule has 1 fully saturated rings. The van der Waals surface area contributed by atoms with Gasteiger partial charge in [0.2, 0.25) is 10.0 Å². The van der Waals surface area contributed by atoms with Gasteiger partial charge in [0.15, 0.2) is 0 Å². The normalized spacial score (nSPS) is 15.2. The standard InChI is InChI=1S/C22H23N7O2S2/c1-15-6-8-17(9-7-15)25-20-14-21(24-16(2)23-20)28-10-12-29(13-11-28)33(30,31)19-5-3-4-18-22(19)27-32-26-18/h3-9,14H,10-13H2,1-2H3,(H,23,24,25). The quantitative estimate of drug-likeness (QED) is 0.463. The average molecular weight is 482 g/mol. The van der Waals surface area contributed by atoms with E-state index in [0.29, 0.717) is 48.9 Å². The van der Waals surface area contributed by atoms with Gasteiger partial charge in [-0.05, 0) is 38.1 Å². The summed E-state index contributed by atoms with van der Waals surface area (Å²) in [6, 6.07) is 15.1. The fraction of sp³-hybridized carbons (Fsp3) is 0.273. The smallest absolute Gasteiger partial charge is 0.245 e. The number of piperazine rings is 1. The largest absolute Gasteiger partial charge is 0.354 e. The van der Waals surface area contributed by atoms with Crippen molar-refractivity contribution in [1.82, 2.24) is 23.0 Å². The second-order valence-corrected chi connectivity index (χ2v) is 10.4. The van der Waals surface area contributed by atoms with Crippen molar-refractivity contribution >= 4 is 50.1 Å². The summed E-state index contributed by atoms with van der Waals surface area (Å²) in [6.45, 7) is 5.69. The summed E-state index contributed by atoms with van der Waals surface area (Å²) in [4.78, 5) is 11.4. The molecule has 4 aromatic rings. The highest BCUT2D eigenvalue weighted by molar-refractivity contribution is 7.89. The number of hydrogen-bond acceptors (Lipinski definition) is 9. The molecule has 9 nitrogen and oxygen atoms in total. The Morgan fingerprint density at radius 1 is 0.939 bits per heavy atom. The zero-order chi connectivity index (χ0) is 23.0. The molecule has 1 aliphatic heterocycles. The van der Waals surface area contributed by atoms with E-state index in [-0.39, 0.29) is 4.90 Å². The van der Waals surface area contributed by atoms with Crippen LogP contribution in [0.1, 0.15) is 11.4 Å². The van der Waals surface area contributed by atoms with E-state index in [1.54, 1.807) is 18.2 Å². The molecule has 1 aliphatic rings. The summed E-state index contributed by atoms with van der Waals surface area (Å²) >= 11 is 1.02. The van der Waals surface area contributed by atoms with Crippen LogP contribution in [0.25, 0.3) is 11.0 Å². The van der Waals surface area contributed by atoms with Crippen molar-refractivity contribution in [2.75, 3.05) is 36.4 Å². The molecule has 3 heterocycles. The van der Waals surface area contributed by atoms with Crippen molar-refractivity contribution in [3.63, 3.8) is 0 Å². The van der Waals surface area contributed by atoms with Crippen LogP contribution in [0, 0.1) is 13.8 Å². The number of fused-ring (bicyclic) bond motifs is 1. The van der Waals surface area contributed by atoms with E-state index in [2.05, 4.69) is 28.9 Å². The van der Waals surface area contributed by atoms with Crippen molar-refractivity contribution in [2.24, 2.45) is 0 Å². The first kappa shape index (κ1) is 21.7. The number of aryl methyl sites for hydroxylation is 2. The lowest BCUT2D eigenvalue weighted by Crippen LogP contribution is -2.49. The van der Waals surface area contributed by atoms with Crippen LogP contribution in [0.5, 0.6) is 0 Å². The van der Waals surface area contributed by atoms with E-state index in [9.17, 15) is 8.42 Å². The molecule has 33 heavy (non-hydrogen) atoms. The molecule has 0 amide bonds. The van der Waals surface area contributed by atoms with E-state index < -0.39 is 10.0 Å². The molecule has 0 spiro atoms. The number of hydrogen-bond donors (Lipinski definition) is 1. The van der Waals surface area contributed by atoms with Gasteiger partial charge in [-0.3, -0.25) is 0 Å². The lowest BCUT2D eigenvalue weighted by molar-refractivity contribution is 0.384. The third kappa shape index (κ3) is 4.39. The maximum Gasteiger partial charge on any atom is 0.245 e. The second-order valence-electron chi connectivity index (χ2n) is 7.93. The van der Waals surface area contributed by atoms with Crippen molar-refractivity contribution in [2.45, 2.75) is 18.7 Å². The zero-order valence-electron chi connectivity index (χ0n) is 18.3. The van der Waals surface area contributed by atoms with Gasteiger partial charge in [-0.1, -0.05) is 23.8 Å². The first-order chi connectivity index (χ1) is 15.9. The van der Waals surface area contributed by atoms with Gasteiger partial charge in [0.25, 0.3) is 0 Å². The fourth-order valence-corrected chi connectivity index (χ4v) is 6.02. The molecule has 0 bridgehead atoms. The Morgan fingerprint density at radius 2 is 1.70 bits per heavy atom. The molecule has 170 valence electrons. The number of nitrogens with zero attached hydrogens (tertiary/aromatic N) is 6. The molecule has 2 aromatic heterocycles. The van der Waals surface area contributed by atoms with Crippen LogP contribution in [-0.4, -0.2) is 57.6 Å². The minimum absolute atomic E-state index is 0.213. The Labute approximate surface area is 196 Å². The Hall–Kier alpha value is -3.15. The molecule has 0 unspecified atom stereocenters. The highest BCUT2D eigenvalue weighted by Gasteiger charge is 2.31. The summed E-state index contributed by atoms with van der Waals surface area (Å²) in [5.74, 6) is 2.14. The predicted octanol–water partition coefficient (Wildman–Crippen LogP) is 3.35. The molecule has 0 atom stereocenters. The van der Waals surface area contributed by atoms with Gasteiger partial charge in [-0.25, -0.2) is 18.4 Å². The van der Waals surface area contributed by atoms with Gasteiger partial charge in [-0.15, -0.1) is 0 Å². The van der Waals surface area contributed by atoms with Crippen molar-refractivity contribution in [1.29, 1.82) is 0 Å². The average Bonchev–Trinajstić information content (AvgIpc) is 3.29. The van der Waals surface area contributed by atoms with Crippen molar-refractivity contribution < 1.29 is 8.42 Å². The van der Waals surface area contributed by atoms with E-state index in [1.165, 1.54) is 9.87 Å². The van der Waals surface area contributed by atoms with Crippen molar-refractivity contribution in [3.05, 3.63) is 59.9 Å². The maximum absolute atomic E-state index is 13.3. The zero-order valence-corrected chi connectivity index (χ0v) is 19.9. The lowest BCUT2D eigenvalue weighted by atomic mass is 10.2. The topological polar surface area (TPSA) is 104 Å². The summed E-state index contributed by atoms with van der Waals surface area (Å²) in [7, 11) is -3.66. The molecule has 11 heteroatoms. The SMILES string of the molecule is Cc1ccc(Nc2cc(N3CCN(S(=O)(=O)c4cccc5nsnc45)CC3)nc(C)n2)cc1. The molecule has 1 saturated heterocycles. The molecule has 0 saturated carbocycles. The minimum Gasteiger partial charge on any atom is -0.354 e. The minimum atomic E-state index is -3.66. The van der Waals surface area contributed by atoms with Crippen LogP contribution in [0.15, 0.2) is 53.4 Å². The maximum atomic E-state index is 13.3. The van der Waals surface area contributed by atoms with Gasteiger partial charge in [-0.2, -0.15) is 13.1 Å². The first-order valence-corrected chi connectivity index (χ1v) is 12.7. The molecule has 0 radical (unpaired) electrons. The summed E-state index contributed by atoms with van der Waals surface area (Å²) in [6.07, 6.45) is 0. The third-order valence-corrected chi connectivity index (χ3v) is 8.05. The van der Waals surface area contributed by atoms with Crippen LogP contribution in [-0.2, 0) is 10.0 Å².